The lowest BCUT2D eigenvalue weighted by Crippen LogP contribution is -2.12. The fourth-order valence-corrected chi connectivity index (χ4v) is 3.02. The van der Waals surface area contributed by atoms with Crippen molar-refractivity contribution < 1.29 is 9.53 Å². The molecule has 0 aliphatic carbocycles. The van der Waals surface area contributed by atoms with Crippen LogP contribution >= 0.6 is 11.6 Å². The average Bonchev–Trinajstić information content (AvgIpc) is 3.24. The number of aromatic nitrogens is 3. The first-order chi connectivity index (χ1) is 11.7. The lowest BCUT2D eigenvalue weighted by Gasteiger charge is -2.06. The summed E-state index contributed by atoms with van der Waals surface area (Å²) in [6.07, 6.45) is 5.04. The minimum Gasteiger partial charge on any atom is -0.370 e. The van der Waals surface area contributed by atoms with Crippen LogP contribution in [0.1, 0.15) is 35.1 Å². The van der Waals surface area contributed by atoms with Crippen LogP contribution in [0, 0.1) is 0 Å². The first kappa shape index (κ1) is 15.1. The molecule has 0 saturated carbocycles. The van der Waals surface area contributed by atoms with E-state index in [1.807, 2.05) is 18.2 Å². The van der Waals surface area contributed by atoms with Crippen molar-refractivity contribution in [3.05, 3.63) is 53.1 Å². The van der Waals surface area contributed by atoms with E-state index >= 15 is 0 Å². The molecular weight excluding hydrogens is 328 g/mol. The molecule has 1 fully saturated rings. The number of hydrogen-bond acceptors (Lipinski definition) is 4. The number of anilines is 1. The van der Waals surface area contributed by atoms with Gasteiger partial charge in [0, 0.05) is 24.7 Å². The minimum atomic E-state index is -0.277. The number of amides is 1. The Morgan fingerprint density at radius 3 is 3.08 bits per heavy atom. The SMILES string of the molecule is O=C(Nc1ccc2nc([C@@H]3CCCO3)[nH]c2c1)c1ccncc1Cl. The Balaban J connectivity index is 1.58. The van der Waals surface area contributed by atoms with Crippen LogP contribution in [-0.2, 0) is 4.74 Å². The van der Waals surface area contributed by atoms with Crippen molar-refractivity contribution in [2.45, 2.75) is 18.9 Å². The van der Waals surface area contributed by atoms with Crippen molar-refractivity contribution in [3.8, 4) is 0 Å². The van der Waals surface area contributed by atoms with Crippen LogP contribution < -0.4 is 5.32 Å². The van der Waals surface area contributed by atoms with Crippen LogP contribution in [0.2, 0.25) is 5.02 Å². The van der Waals surface area contributed by atoms with Gasteiger partial charge in [-0.1, -0.05) is 11.6 Å². The molecule has 0 bridgehead atoms. The van der Waals surface area contributed by atoms with Gasteiger partial charge in [-0.25, -0.2) is 4.98 Å². The van der Waals surface area contributed by atoms with E-state index in [9.17, 15) is 4.79 Å². The number of imidazole rings is 1. The normalized spacial score (nSPS) is 17.3. The van der Waals surface area contributed by atoms with Crippen molar-refractivity contribution in [1.29, 1.82) is 0 Å². The maximum Gasteiger partial charge on any atom is 0.257 e. The highest BCUT2D eigenvalue weighted by atomic mass is 35.5. The van der Waals surface area contributed by atoms with Crippen molar-refractivity contribution >= 4 is 34.2 Å². The molecule has 2 N–H and O–H groups in total. The monoisotopic (exact) mass is 342 g/mol. The third-order valence-corrected chi connectivity index (χ3v) is 4.31. The molecule has 0 radical (unpaired) electrons. The maximum atomic E-state index is 12.3. The molecule has 4 rings (SSSR count). The summed E-state index contributed by atoms with van der Waals surface area (Å²) in [6, 6.07) is 7.12. The molecule has 0 unspecified atom stereocenters. The summed E-state index contributed by atoms with van der Waals surface area (Å²) in [4.78, 5) is 24.0. The Bertz CT molecular complexity index is 902. The van der Waals surface area contributed by atoms with E-state index in [2.05, 4.69) is 20.3 Å². The molecule has 3 aromatic rings. The number of rotatable bonds is 3. The molecule has 1 aliphatic rings. The summed E-state index contributed by atoms with van der Waals surface area (Å²) >= 11 is 6.00. The van der Waals surface area contributed by atoms with Crippen molar-refractivity contribution in [2.24, 2.45) is 0 Å². The molecule has 6 nitrogen and oxygen atoms in total. The standard InChI is InChI=1S/C17H15ClN4O2/c18-12-9-19-6-5-11(12)17(23)20-10-3-4-13-14(8-10)22-16(21-13)15-2-1-7-24-15/h3-6,8-9,15H,1-2,7H2,(H,20,23)(H,21,22)/t15-/m0/s1. The van der Waals surface area contributed by atoms with E-state index in [1.54, 1.807) is 6.07 Å². The van der Waals surface area contributed by atoms with Gasteiger partial charge in [-0.2, -0.15) is 0 Å². The second kappa shape index (κ2) is 6.22. The van der Waals surface area contributed by atoms with Gasteiger partial charge in [0.25, 0.3) is 5.91 Å². The van der Waals surface area contributed by atoms with E-state index in [4.69, 9.17) is 16.3 Å². The zero-order valence-corrected chi connectivity index (χ0v) is 13.5. The molecule has 3 heterocycles. The van der Waals surface area contributed by atoms with Gasteiger partial charge < -0.3 is 15.0 Å². The van der Waals surface area contributed by atoms with E-state index in [0.29, 0.717) is 16.3 Å². The fraction of sp³-hybridized carbons (Fsp3) is 0.235. The number of aromatic amines is 1. The van der Waals surface area contributed by atoms with E-state index in [0.717, 1.165) is 36.3 Å². The van der Waals surface area contributed by atoms with Crippen LogP contribution in [0.3, 0.4) is 0 Å². The topological polar surface area (TPSA) is 79.9 Å². The molecule has 1 aromatic carbocycles. The number of carbonyl (C=O) groups is 1. The highest BCUT2D eigenvalue weighted by Gasteiger charge is 2.21. The molecular formula is C17H15ClN4O2. The lowest BCUT2D eigenvalue weighted by atomic mass is 10.2. The Hall–Kier alpha value is -2.44. The lowest BCUT2D eigenvalue weighted by molar-refractivity contribution is 0.102. The molecule has 24 heavy (non-hydrogen) atoms. The van der Waals surface area contributed by atoms with E-state index < -0.39 is 0 Å². The number of fused-ring (bicyclic) bond motifs is 1. The molecule has 122 valence electrons. The largest absolute Gasteiger partial charge is 0.370 e. The van der Waals surface area contributed by atoms with Gasteiger partial charge >= 0.3 is 0 Å². The summed E-state index contributed by atoms with van der Waals surface area (Å²) in [6.45, 7) is 0.774. The first-order valence-corrected chi connectivity index (χ1v) is 8.10. The van der Waals surface area contributed by atoms with Gasteiger partial charge in [0.1, 0.15) is 11.9 Å². The Morgan fingerprint density at radius 2 is 2.29 bits per heavy atom. The number of nitrogens with zero attached hydrogens (tertiary/aromatic N) is 2. The minimum absolute atomic E-state index is 0.0334. The molecule has 1 aliphatic heterocycles. The average molecular weight is 343 g/mol. The molecule has 1 amide bonds. The summed E-state index contributed by atoms with van der Waals surface area (Å²) in [5, 5.41) is 3.16. The van der Waals surface area contributed by atoms with Crippen LogP contribution in [-0.4, -0.2) is 27.5 Å². The number of H-pyrrole nitrogens is 1. The number of halogens is 1. The van der Waals surface area contributed by atoms with Gasteiger partial charge in [-0.15, -0.1) is 0 Å². The van der Waals surface area contributed by atoms with Gasteiger partial charge in [-0.3, -0.25) is 9.78 Å². The van der Waals surface area contributed by atoms with Gasteiger partial charge in [-0.05, 0) is 37.1 Å². The van der Waals surface area contributed by atoms with E-state index in [-0.39, 0.29) is 12.0 Å². The molecule has 7 heteroatoms. The number of pyridine rings is 1. The molecule has 2 aromatic heterocycles. The zero-order valence-electron chi connectivity index (χ0n) is 12.8. The molecule has 1 saturated heterocycles. The highest BCUT2D eigenvalue weighted by molar-refractivity contribution is 6.34. The number of benzene rings is 1. The summed E-state index contributed by atoms with van der Waals surface area (Å²) in [7, 11) is 0. The smallest absolute Gasteiger partial charge is 0.257 e. The number of nitrogens with one attached hydrogen (secondary N) is 2. The second-order valence-electron chi connectivity index (χ2n) is 5.67. The summed E-state index contributed by atoms with van der Waals surface area (Å²) < 4.78 is 5.65. The highest BCUT2D eigenvalue weighted by Crippen LogP contribution is 2.28. The van der Waals surface area contributed by atoms with E-state index in [1.165, 1.54) is 12.4 Å². The van der Waals surface area contributed by atoms with Gasteiger partial charge in [0.2, 0.25) is 0 Å². The number of hydrogen-bond donors (Lipinski definition) is 2. The number of carbonyl (C=O) groups excluding carboxylic acids is 1. The predicted molar refractivity (Wildman–Crippen MR) is 91.2 cm³/mol. The summed E-state index contributed by atoms with van der Waals surface area (Å²) in [5.74, 6) is 0.559. The first-order valence-electron chi connectivity index (χ1n) is 7.73. The Kier molecular flexibility index (Phi) is 3.92. The van der Waals surface area contributed by atoms with Crippen molar-refractivity contribution in [1.82, 2.24) is 15.0 Å². The summed E-state index contributed by atoms with van der Waals surface area (Å²) in [5.41, 5.74) is 2.76. The Morgan fingerprint density at radius 1 is 1.38 bits per heavy atom. The van der Waals surface area contributed by atoms with Crippen LogP contribution in [0.5, 0.6) is 0 Å². The van der Waals surface area contributed by atoms with Crippen molar-refractivity contribution in [2.75, 3.05) is 11.9 Å². The third-order valence-electron chi connectivity index (χ3n) is 4.01. The molecule has 0 spiro atoms. The Labute approximate surface area is 143 Å². The zero-order chi connectivity index (χ0) is 16.5. The fourth-order valence-electron chi connectivity index (χ4n) is 2.81. The number of ether oxygens (including phenoxy) is 1. The quantitative estimate of drug-likeness (QED) is 0.760. The van der Waals surface area contributed by atoms with Crippen molar-refractivity contribution in [3.63, 3.8) is 0 Å². The van der Waals surface area contributed by atoms with Gasteiger partial charge in [0.15, 0.2) is 0 Å². The predicted octanol–water partition coefficient (Wildman–Crippen LogP) is 3.72. The maximum absolute atomic E-state index is 12.3. The van der Waals surface area contributed by atoms with Crippen LogP contribution in [0.4, 0.5) is 5.69 Å². The van der Waals surface area contributed by atoms with Gasteiger partial charge in [0.05, 0.1) is 21.6 Å². The molecule has 1 atom stereocenters. The second-order valence-corrected chi connectivity index (χ2v) is 6.07. The van der Waals surface area contributed by atoms with Crippen LogP contribution in [0.25, 0.3) is 11.0 Å². The van der Waals surface area contributed by atoms with Crippen LogP contribution in [0.15, 0.2) is 36.7 Å². The third kappa shape index (κ3) is 2.86.